The van der Waals surface area contributed by atoms with E-state index in [9.17, 15) is 0 Å². The van der Waals surface area contributed by atoms with Crippen LogP contribution in [-0.4, -0.2) is 43.3 Å². The van der Waals surface area contributed by atoms with Crippen molar-refractivity contribution in [3.05, 3.63) is 22.7 Å². The van der Waals surface area contributed by atoms with Gasteiger partial charge in [0.05, 0.1) is 5.02 Å². The van der Waals surface area contributed by atoms with Gasteiger partial charge in [-0.3, -0.25) is 4.90 Å². The van der Waals surface area contributed by atoms with E-state index < -0.39 is 0 Å². The molecule has 0 amide bonds. The molecule has 2 unspecified atom stereocenters. The van der Waals surface area contributed by atoms with Crippen molar-refractivity contribution in [1.29, 1.82) is 0 Å². The number of ether oxygens (including phenoxy) is 2. The van der Waals surface area contributed by atoms with Crippen molar-refractivity contribution >= 4 is 11.6 Å². The smallest absolute Gasteiger partial charge is 0.179 e. The highest BCUT2D eigenvalue weighted by Crippen LogP contribution is 2.38. The zero-order valence-corrected chi connectivity index (χ0v) is 12.9. The molecule has 2 atom stereocenters. The van der Waals surface area contributed by atoms with Gasteiger partial charge in [0.1, 0.15) is 13.2 Å². The van der Waals surface area contributed by atoms with Crippen molar-refractivity contribution < 1.29 is 9.47 Å². The number of halogens is 1. The van der Waals surface area contributed by atoms with Gasteiger partial charge in [0.15, 0.2) is 11.5 Å². The number of nitrogens with one attached hydrogen (secondary N) is 1. The molecule has 2 bridgehead atoms. The molecule has 3 aliphatic rings. The summed E-state index contributed by atoms with van der Waals surface area (Å²) in [6, 6.07) is 5.48. The first kappa shape index (κ1) is 13.7. The lowest BCUT2D eigenvalue weighted by atomic mass is 10.1. The molecule has 4 nitrogen and oxygen atoms in total. The number of hydrogen-bond acceptors (Lipinski definition) is 4. The van der Waals surface area contributed by atoms with Gasteiger partial charge in [-0.1, -0.05) is 11.6 Å². The van der Waals surface area contributed by atoms with Gasteiger partial charge >= 0.3 is 0 Å². The molecule has 0 saturated carbocycles. The monoisotopic (exact) mass is 308 g/mol. The molecule has 1 N–H and O–H groups in total. The Morgan fingerprint density at radius 3 is 2.95 bits per heavy atom. The molecule has 3 aliphatic heterocycles. The minimum atomic E-state index is 0.576. The SMILES string of the molecule is Clc1cc(CN2CCC3CCC(C2)N3)cc2c1OCCO2. The van der Waals surface area contributed by atoms with Gasteiger partial charge in [-0.2, -0.15) is 0 Å². The number of nitrogens with zero attached hydrogens (tertiary/aromatic N) is 1. The van der Waals surface area contributed by atoms with Crippen LogP contribution in [-0.2, 0) is 6.54 Å². The second kappa shape index (κ2) is 5.67. The third kappa shape index (κ3) is 2.85. The number of fused-ring (bicyclic) bond motifs is 3. The molecule has 0 aliphatic carbocycles. The van der Waals surface area contributed by atoms with Crippen LogP contribution in [0.15, 0.2) is 12.1 Å². The lowest BCUT2D eigenvalue weighted by Gasteiger charge is -2.25. The molecule has 0 aromatic heterocycles. The van der Waals surface area contributed by atoms with E-state index in [1.54, 1.807) is 0 Å². The first-order chi connectivity index (χ1) is 10.3. The Balaban J connectivity index is 1.50. The summed E-state index contributed by atoms with van der Waals surface area (Å²) in [6.45, 7) is 4.39. The highest BCUT2D eigenvalue weighted by molar-refractivity contribution is 6.32. The molecule has 0 spiro atoms. The Hall–Kier alpha value is -0.970. The molecule has 4 rings (SSSR count). The van der Waals surface area contributed by atoms with Crippen LogP contribution >= 0.6 is 11.6 Å². The zero-order chi connectivity index (χ0) is 14.2. The fourth-order valence-electron chi connectivity index (χ4n) is 3.67. The van der Waals surface area contributed by atoms with Crippen molar-refractivity contribution in [2.75, 3.05) is 26.3 Å². The maximum Gasteiger partial charge on any atom is 0.179 e. The highest BCUT2D eigenvalue weighted by atomic mass is 35.5. The maximum atomic E-state index is 6.32. The Morgan fingerprint density at radius 1 is 1.14 bits per heavy atom. The van der Waals surface area contributed by atoms with Crippen LogP contribution in [0.1, 0.15) is 24.8 Å². The van der Waals surface area contributed by atoms with Gasteiger partial charge in [0.2, 0.25) is 0 Å². The van der Waals surface area contributed by atoms with Crippen LogP contribution in [0.5, 0.6) is 11.5 Å². The molecule has 2 fully saturated rings. The molecule has 0 radical (unpaired) electrons. The third-order valence-electron chi connectivity index (χ3n) is 4.67. The fourth-order valence-corrected chi connectivity index (χ4v) is 3.96. The number of hydrogen-bond donors (Lipinski definition) is 1. The summed E-state index contributed by atoms with van der Waals surface area (Å²) in [6.07, 6.45) is 3.90. The molecule has 2 saturated heterocycles. The van der Waals surface area contributed by atoms with E-state index in [0.717, 1.165) is 31.4 Å². The lowest BCUT2D eigenvalue weighted by Crippen LogP contribution is -2.35. The Labute approximate surface area is 130 Å². The molecule has 5 heteroatoms. The van der Waals surface area contributed by atoms with Gasteiger partial charge in [0, 0.05) is 31.7 Å². The predicted octanol–water partition coefficient (Wildman–Crippen LogP) is 2.44. The summed E-state index contributed by atoms with van der Waals surface area (Å²) in [5, 5.41) is 4.38. The minimum absolute atomic E-state index is 0.576. The van der Waals surface area contributed by atoms with Crippen LogP contribution in [0.3, 0.4) is 0 Å². The van der Waals surface area contributed by atoms with E-state index in [2.05, 4.69) is 16.3 Å². The predicted molar refractivity (Wildman–Crippen MR) is 82.3 cm³/mol. The van der Waals surface area contributed by atoms with Gasteiger partial charge in [0.25, 0.3) is 0 Å². The molecule has 21 heavy (non-hydrogen) atoms. The Morgan fingerprint density at radius 2 is 2.00 bits per heavy atom. The number of benzene rings is 1. The lowest BCUT2D eigenvalue weighted by molar-refractivity contribution is 0.171. The summed E-state index contributed by atoms with van der Waals surface area (Å²) in [5.74, 6) is 1.49. The normalized spacial score (nSPS) is 28.4. The highest BCUT2D eigenvalue weighted by Gasteiger charge is 2.29. The van der Waals surface area contributed by atoms with E-state index in [-0.39, 0.29) is 0 Å². The van der Waals surface area contributed by atoms with Crippen LogP contribution in [0.2, 0.25) is 5.02 Å². The van der Waals surface area contributed by atoms with Gasteiger partial charge in [-0.25, -0.2) is 0 Å². The molecular formula is C16H21ClN2O2. The molecule has 114 valence electrons. The van der Waals surface area contributed by atoms with Crippen molar-refractivity contribution in [3.63, 3.8) is 0 Å². The van der Waals surface area contributed by atoms with Gasteiger partial charge in [-0.15, -0.1) is 0 Å². The summed E-state index contributed by atoms with van der Waals surface area (Å²) < 4.78 is 11.2. The fraction of sp³-hybridized carbons (Fsp3) is 0.625. The summed E-state index contributed by atoms with van der Waals surface area (Å²) in [7, 11) is 0. The first-order valence-corrected chi connectivity index (χ1v) is 8.22. The van der Waals surface area contributed by atoms with E-state index in [0.29, 0.717) is 30.0 Å². The van der Waals surface area contributed by atoms with E-state index in [4.69, 9.17) is 21.1 Å². The molecular weight excluding hydrogens is 288 g/mol. The largest absolute Gasteiger partial charge is 0.486 e. The number of likely N-dealkylation sites (tertiary alicyclic amines) is 1. The maximum absolute atomic E-state index is 6.32. The quantitative estimate of drug-likeness (QED) is 0.910. The van der Waals surface area contributed by atoms with Crippen molar-refractivity contribution in [3.8, 4) is 11.5 Å². The summed E-state index contributed by atoms with van der Waals surface area (Å²) >= 11 is 6.32. The molecule has 3 heterocycles. The van der Waals surface area contributed by atoms with Crippen LogP contribution < -0.4 is 14.8 Å². The van der Waals surface area contributed by atoms with Crippen LogP contribution in [0.25, 0.3) is 0 Å². The molecule has 1 aromatic rings. The Bertz CT molecular complexity index is 537. The zero-order valence-electron chi connectivity index (χ0n) is 12.1. The topological polar surface area (TPSA) is 33.7 Å². The summed E-state index contributed by atoms with van der Waals surface area (Å²) in [5.41, 5.74) is 1.21. The first-order valence-electron chi connectivity index (χ1n) is 7.84. The molecule has 1 aromatic carbocycles. The van der Waals surface area contributed by atoms with E-state index >= 15 is 0 Å². The van der Waals surface area contributed by atoms with E-state index in [1.165, 1.54) is 24.8 Å². The van der Waals surface area contributed by atoms with Crippen LogP contribution in [0.4, 0.5) is 0 Å². The van der Waals surface area contributed by atoms with Crippen molar-refractivity contribution in [2.24, 2.45) is 0 Å². The Kier molecular flexibility index (Phi) is 3.69. The van der Waals surface area contributed by atoms with Crippen molar-refractivity contribution in [2.45, 2.75) is 37.9 Å². The van der Waals surface area contributed by atoms with Gasteiger partial charge in [-0.05, 0) is 37.0 Å². The second-order valence-electron chi connectivity index (χ2n) is 6.26. The second-order valence-corrected chi connectivity index (χ2v) is 6.67. The minimum Gasteiger partial charge on any atom is -0.486 e. The van der Waals surface area contributed by atoms with Crippen LogP contribution in [0, 0.1) is 0 Å². The standard InChI is InChI=1S/C16H21ClN2O2/c17-14-7-11(8-15-16(14)21-6-5-20-15)9-19-4-3-12-1-2-13(10-19)18-12/h7-8,12-13,18H,1-6,9-10H2. The number of rotatable bonds is 2. The van der Waals surface area contributed by atoms with E-state index in [1.807, 2.05) is 6.07 Å². The summed E-state index contributed by atoms with van der Waals surface area (Å²) in [4.78, 5) is 2.53. The third-order valence-corrected chi connectivity index (χ3v) is 4.95. The van der Waals surface area contributed by atoms with Gasteiger partial charge < -0.3 is 14.8 Å². The average molecular weight is 309 g/mol. The van der Waals surface area contributed by atoms with Crippen molar-refractivity contribution in [1.82, 2.24) is 10.2 Å². The average Bonchev–Trinajstić information content (AvgIpc) is 2.82.